The molecule has 2 aromatic carbocycles. The summed E-state index contributed by atoms with van der Waals surface area (Å²) in [5.74, 6) is 2.98. The van der Waals surface area contributed by atoms with Gasteiger partial charge in [0, 0.05) is 5.92 Å². The van der Waals surface area contributed by atoms with Gasteiger partial charge in [-0.2, -0.15) is 0 Å². The van der Waals surface area contributed by atoms with Gasteiger partial charge in [-0.15, -0.1) is 0 Å². The highest BCUT2D eigenvalue weighted by atomic mass is 14.3. The first kappa shape index (κ1) is 24.1. The number of hydrogen-bond acceptors (Lipinski definition) is 0. The molecule has 2 aromatic rings. The molecule has 1 unspecified atom stereocenters. The lowest BCUT2D eigenvalue weighted by Gasteiger charge is -2.29. The SMILES string of the molecule is CCc1ccc(C2=CC=C(Cc3ccc(C4CCC(CCC(C)C)CC4)cc3)C3=CC=CC32)cc1. The summed E-state index contributed by atoms with van der Waals surface area (Å²) in [5, 5.41) is 0. The number of aryl methyl sites for hydroxylation is 1. The maximum Gasteiger partial charge on any atom is 0.0281 e. The van der Waals surface area contributed by atoms with Crippen LogP contribution in [0.3, 0.4) is 0 Å². The van der Waals surface area contributed by atoms with E-state index in [0.717, 1.165) is 30.6 Å². The van der Waals surface area contributed by atoms with E-state index in [2.05, 4.69) is 99.7 Å². The molecule has 3 aliphatic rings. The maximum atomic E-state index is 2.42. The van der Waals surface area contributed by atoms with Crippen molar-refractivity contribution in [2.45, 2.75) is 78.1 Å². The molecule has 35 heavy (non-hydrogen) atoms. The normalized spacial score (nSPS) is 23.7. The maximum absolute atomic E-state index is 2.42. The van der Waals surface area contributed by atoms with E-state index in [4.69, 9.17) is 0 Å². The van der Waals surface area contributed by atoms with Gasteiger partial charge >= 0.3 is 0 Å². The average Bonchev–Trinajstić information content (AvgIpc) is 3.39. The zero-order chi connectivity index (χ0) is 24.2. The predicted molar refractivity (Wildman–Crippen MR) is 152 cm³/mol. The summed E-state index contributed by atoms with van der Waals surface area (Å²) >= 11 is 0. The molecule has 0 heterocycles. The summed E-state index contributed by atoms with van der Waals surface area (Å²) in [6.07, 6.45) is 22.2. The van der Waals surface area contributed by atoms with E-state index in [0.29, 0.717) is 5.92 Å². The second kappa shape index (κ2) is 11.0. The highest BCUT2D eigenvalue weighted by Crippen LogP contribution is 2.42. The van der Waals surface area contributed by atoms with Crippen molar-refractivity contribution >= 4 is 5.57 Å². The van der Waals surface area contributed by atoms with Crippen LogP contribution in [0.15, 0.2) is 90.1 Å². The van der Waals surface area contributed by atoms with Gasteiger partial charge in [-0.1, -0.05) is 113 Å². The molecule has 0 bridgehead atoms. The number of benzene rings is 2. The number of rotatable bonds is 8. The molecule has 0 amide bonds. The molecular formula is C35H42. The summed E-state index contributed by atoms with van der Waals surface area (Å²) < 4.78 is 0. The zero-order valence-corrected chi connectivity index (χ0v) is 22.0. The Morgan fingerprint density at radius 3 is 2.17 bits per heavy atom. The molecule has 0 N–H and O–H groups in total. The third-order valence-corrected chi connectivity index (χ3v) is 8.62. The molecule has 0 nitrogen and oxygen atoms in total. The van der Waals surface area contributed by atoms with Crippen LogP contribution in [0.5, 0.6) is 0 Å². The van der Waals surface area contributed by atoms with Crippen molar-refractivity contribution < 1.29 is 0 Å². The van der Waals surface area contributed by atoms with Crippen LogP contribution in [-0.4, -0.2) is 0 Å². The monoisotopic (exact) mass is 462 g/mol. The fraction of sp³-hybridized carbons (Fsp3) is 0.429. The molecule has 5 rings (SSSR count). The van der Waals surface area contributed by atoms with Crippen molar-refractivity contribution in [1.29, 1.82) is 0 Å². The van der Waals surface area contributed by atoms with E-state index in [1.807, 2.05) is 0 Å². The fourth-order valence-corrected chi connectivity index (χ4v) is 6.30. The Morgan fingerprint density at radius 1 is 0.771 bits per heavy atom. The lowest BCUT2D eigenvalue weighted by atomic mass is 9.76. The predicted octanol–water partition coefficient (Wildman–Crippen LogP) is 9.64. The summed E-state index contributed by atoms with van der Waals surface area (Å²) in [4.78, 5) is 0. The molecule has 0 spiro atoms. The lowest BCUT2D eigenvalue weighted by Crippen LogP contribution is -2.14. The first-order valence-corrected chi connectivity index (χ1v) is 14.1. The van der Waals surface area contributed by atoms with E-state index in [1.54, 1.807) is 5.56 Å². The Bertz CT molecular complexity index is 1110. The highest BCUT2D eigenvalue weighted by molar-refractivity contribution is 5.78. The lowest BCUT2D eigenvalue weighted by molar-refractivity contribution is 0.293. The Balaban J connectivity index is 1.23. The minimum Gasteiger partial charge on any atom is -0.0726 e. The fourth-order valence-electron chi connectivity index (χ4n) is 6.30. The van der Waals surface area contributed by atoms with Crippen molar-refractivity contribution in [2.24, 2.45) is 17.8 Å². The van der Waals surface area contributed by atoms with Crippen LogP contribution in [-0.2, 0) is 12.8 Å². The van der Waals surface area contributed by atoms with Gasteiger partial charge in [0.25, 0.3) is 0 Å². The van der Waals surface area contributed by atoms with Crippen LogP contribution in [0.1, 0.15) is 87.5 Å². The zero-order valence-electron chi connectivity index (χ0n) is 22.0. The van der Waals surface area contributed by atoms with Crippen molar-refractivity contribution in [1.82, 2.24) is 0 Å². The van der Waals surface area contributed by atoms with Crippen LogP contribution in [0.4, 0.5) is 0 Å². The molecule has 0 heteroatoms. The van der Waals surface area contributed by atoms with Crippen molar-refractivity contribution in [2.75, 3.05) is 0 Å². The van der Waals surface area contributed by atoms with E-state index >= 15 is 0 Å². The molecule has 1 saturated carbocycles. The van der Waals surface area contributed by atoms with Gasteiger partial charge in [0.2, 0.25) is 0 Å². The van der Waals surface area contributed by atoms with Crippen LogP contribution >= 0.6 is 0 Å². The molecular weight excluding hydrogens is 420 g/mol. The topological polar surface area (TPSA) is 0 Å². The van der Waals surface area contributed by atoms with E-state index in [-0.39, 0.29) is 0 Å². The quantitative estimate of drug-likeness (QED) is 0.366. The number of allylic oxidation sites excluding steroid dienone is 8. The Morgan fingerprint density at radius 2 is 1.49 bits per heavy atom. The third-order valence-electron chi connectivity index (χ3n) is 8.62. The molecule has 1 atom stereocenters. The van der Waals surface area contributed by atoms with Gasteiger partial charge < -0.3 is 0 Å². The summed E-state index contributed by atoms with van der Waals surface area (Å²) in [6.45, 7) is 6.93. The molecule has 3 aliphatic carbocycles. The number of fused-ring (bicyclic) bond motifs is 1. The molecule has 0 radical (unpaired) electrons. The molecule has 0 saturated heterocycles. The second-order valence-corrected chi connectivity index (χ2v) is 11.5. The average molecular weight is 463 g/mol. The Labute approximate surface area is 213 Å². The van der Waals surface area contributed by atoms with Gasteiger partial charge in [0.1, 0.15) is 0 Å². The molecule has 0 aromatic heterocycles. The molecule has 1 fully saturated rings. The van der Waals surface area contributed by atoms with E-state index < -0.39 is 0 Å². The summed E-state index contributed by atoms with van der Waals surface area (Å²) in [6, 6.07) is 18.8. The van der Waals surface area contributed by atoms with Crippen molar-refractivity contribution in [3.8, 4) is 0 Å². The van der Waals surface area contributed by atoms with Crippen LogP contribution in [0, 0.1) is 17.8 Å². The molecule has 182 valence electrons. The largest absolute Gasteiger partial charge is 0.0726 e. The van der Waals surface area contributed by atoms with Crippen molar-refractivity contribution in [3.63, 3.8) is 0 Å². The van der Waals surface area contributed by atoms with E-state index in [9.17, 15) is 0 Å². The van der Waals surface area contributed by atoms with Crippen LogP contribution in [0.25, 0.3) is 5.57 Å². The Kier molecular flexibility index (Phi) is 7.57. The van der Waals surface area contributed by atoms with E-state index in [1.165, 1.54) is 71.9 Å². The first-order valence-electron chi connectivity index (χ1n) is 14.1. The van der Waals surface area contributed by atoms with Crippen LogP contribution < -0.4 is 0 Å². The van der Waals surface area contributed by atoms with Gasteiger partial charge in [0.05, 0.1) is 0 Å². The second-order valence-electron chi connectivity index (χ2n) is 11.5. The van der Waals surface area contributed by atoms with Gasteiger partial charge in [-0.25, -0.2) is 0 Å². The minimum atomic E-state index is 0.396. The van der Waals surface area contributed by atoms with Crippen LogP contribution in [0.2, 0.25) is 0 Å². The standard InChI is InChI=1S/C35H42/c1-4-26-10-20-31(21-11-26)34-23-22-32(33-6-5-7-35(33)34)24-28-14-18-30(19-15-28)29-16-12-27(13-17-29)9-8-25(2)3/h5-7,10-11,14-15,18-23,25,27,29,35H,4,8-9,12-13,16-17,24H2,1-3H3. The van der Waals surface area contributed by atoms with Crippen molar-refractivity contribution in [3.05, 3.63) is 112 Å². The first-order chi connectivity index (χ1) is 17.1. The number of hydrogen-bond donors (Lipinski definition) is 0. The summed E-state index contributed by atoms with van der Waals surface area (Å²) in [7, 11) is 0. The molecule has 0 aliphatic heterocycles. The Hall–Kier alpha value is -2.60. The third kappa shape index (κ3) is 5.64. The smallest absolute Gasteiger partial charge is 0.0281 e. The van der Waals surface area contributed by atoms with Gasteiger partial charge in [-0.3, -0.25) is 0 Å². The van der Waals surface area contributed by atoms with Gasteiger partial charge in [0.15, 0.2) is 0 Å². The summed E-state index contributed by atoms with van der Waals surface area (Å²) in [5.41, 5.74) is 10.1. The minimum absolute atomic E-state index is 0.396. The highest BCUT2D eigenvalue weighted by Gasteiger charge is 2.26. The van der Waals surface area contributed by atoms with Gasteiger partial charge in [-0.05, 0) is 95.3 Å².